The first kappa shape index (κ1) is 16.7. The van der Waals surface area contributed by atoms with Gasteiger partial charge < -0.3 is 10.6 Å². The third-order valence-electron chi connectivity index (χ3n) is 3.36. The van der Waals surface area contributed by atoms with Crippen molar-refractivity contribution in [2.45, 2.75) is 6.18 Å². The van der Waals surface area contributed by atoms with Crippen LogP contribution in [-0.2, 0) is 6.18 Å². The summed E-state index contributed by atoms with van der Waals surface area (Å²) in [5, 5.41) is 5.83. The van der Waals surface area contributed by atoms with Crippen LogP contribution in [0.15, 0.2) is 54.7 Å². The van der Waals surface area contributed by atoms with E-state index in [4.69, 9.17) is 0 Å². The zero-order valence-electron chi connectivity index (χ0n) is 13.2. The molecule has 8 heteroatoms. The lowest BCUT2D eigenvalue weighted by Gasteiger charge is -2.11. The number of hydrogen-bond donors (Lipinski definition) is 2. The number of aromatic nitrogens is 3. The van der Waals surface area contributed by atoms with E-state index in [0.29, 0.717) is 28.8 Å². The molecular formula is C17H14F3N5. The highest BCUT2D eigenvalue weighted by molar-refractivity contribution is 5.65. The molecule has 2 aromatic heterocycles. The van der Waals surface area contributed by atoms with Gasteiger partial charge in [-0.3, -0.25) is 4.98 Å². The van der Waals surface area contributed by atoms with Gasteiger partial charge in [-0.1, -0.05) is 6.07 Å². The van der Waals surface area contributed by atoms with Crippen molar-refractivity contribution in [2.24, 2.45) is 0 Å². The van der Waals surface area contributed by atoms with Gasteiger partial charge in [-0.2, -0.15) is 18.2 Å². The van der Waals surface area contributed by atoms with Crippen LogP contribution in [0, 0.1) is 0 Å². The summed E-state index contributed by atoms with van der Waals surface area (Å²) in [6.45, 7) is 0. The average molecular weight is 345 g/mol. The van der Waals surface area contributed by atoms with Gasteiger partial charge in [-0.25, -0.2) is 4.98 Å². The fraction of sp³-hybridized carbons (Fsp3) is 0.118. The molecule has 0 unspecified atom stereocenters. The van der Waals surface area contributed by atoms with E-state index in [1.54, 1.807) is 25.4 Å². The minimum absolute atomic E-state index is 0.373. The van der Waals surface area contributed by atoms with Crippen LogP contribution in [0.4, 0.5) is 30.6 Å². The first-order valence-electron chi connectivity index (χ1n) is 7.38. The van der Waals surface area contributed by atoms with Gasteiger partial charge in [0.1, 0.15) is 5.82 Å². The van der Waals surface area contributed by atoms with Gasteiger partial charge in [0.05, 0.1) is 17.0 Å². The summed E-state index contributed by atoms with van der Waals surface area (Å²) in [6, 6.07) is 11.9. The van der Waals surface area contributed by atoms with E-state index in [1.165, 1.54) is 12.1 Å². The van der Waals surface area contributed by atoms with Crippen molar-refractivity contribution >= 4 is 17.5 Å². The van der Waals surface area contributed by atoms with E-state index in [-0.39, 0.29) is 0 Å². The van der Waals surface area contributed by atoms with Gasteiger partial charge >= 0.3 is 6.18 Å². The Kier molecular flexibility index (Phi) is 4.51. The highest BCUT2D eigenvalue weighted by atomic mass is 19.4. The first-order valence-corrected chi connectivity index (χ1v) is 7.38. The van der Waals surface area contributed by atoms with Crippen LogP contribution < -0.4 is 10.6 Å². The van der Waals surface area contributed by atoms with Crippen molar-refractivity contribution in [2.75, 3.05) is 17.7 Å². The Balaban J connectivity index is 1.89. The Bertz CT molecular complexity index is 848. The smallest absolute Gasteiger partial charge is 0.357 e. The molecule has 0 bridgehead atoms. The lowest BCUT2D eigenvalue weighted by atomic mass is 10.2. The van der Waals surface area contributed by atoms with Gasteiger partial charge in [0, 0.05) is 25.0 Å². The molecule has 25 heavy (non-hydrogen) atoms. The quantitative estimate of drug-likeness (QED) is 0.736. The maximum atomic E-state index is 12.6. The number of rotatable bonds is 4. The van der Waals surface area contributed by atoms with Gasteiger partial charge in [0.2, 0.25) is 5.95 Å². The molecule has 0 fully saturated rings. The van der Waals surface area contributed by atoms with E-state index < -0.39 is 11.7 Å². The van der Waals surface area contributed by atoms with Crippen LogP contribution in [0.25, 0.3) is 11.4 Å². The van der Waals surface area contributed by atoms with Gasteiger partial charge in [0.15, 0.2) is 0 Å². The second-order valence-electron chi connectivity index (χ2n) is 5.13. The van der Waals surface area contributed by atoms with Crippen molar-refractivity contribution < 1.29 is 13.2 Å². The molecule has 1 aromatic carbocycles. The Morgan fingerprint density at radius 2 is 1.68 bits per heavy atom. The SMILES string of the molecule is CNc1nc(Nc2ccc(C(F)(F)F)cc2)cc(-c2ccccn2)n1. The van der Waals surface area contributed by atoms with Crippen molar-refractivity contribution in [3.8, 4) is 11.4 Å². The molecule has 5 nitrogen and oxygen atoms in total. The van der Waals surface area contributed by atoms with Crippen molar-refractivity contribution in [1.29, 1.82) is 0 Å². The lowest BCUT2D eigenvalue weighted by Crippen LogP contribution is -2.05. The number of pyridine rings is 1. The third kappa shape index (κ3) is 4.03. The Hall–Kier alpha value is -3.16. The number of benzene rings is 1. The average Bonchev–Trinajstić information content (AvgIpc) is 2.62. The molecule has 0 saturated heterocycles. The number of nitrogens with one attached hydrogen (secondary N) is 2. The van der Waals surface area contributed by atoms with Gasteiger partial charge in [0.25, 0.3) is 0 Å². The summed E-state index contributed by atoms with van der Waals surface area (Å²) in [5.74, 6) is 0.817. The first-order chi connectivity index (χ1) is 12.0. The van der Waals surface area contributed by atoms with Crippen LogP contribution in [0.1, 0.15) is 5.56 Å². The van der Waals surface area contributed by atoms with E-state index in [9.17, 15) is 13.2 Å². The maximum absolute atomic E-state index is 12.6. The summed E-state index contributed by atoms with van der Waals surface area (Å²) in [7, 11) is 1.68. The molecule has 0 aliphatic rings. The van der Waals surface area contributed by atoms with Crippen LogP contribution in [0.2, 0.25) is 0 Å². The number of hydrogen-bond acceptors (Lipinski definition) is 5. The number of nitrogens with zero attached hydrogens (tertiary/aromatic N) is 3. The van der Waals surface area contributed by atoms with Crippen LogP contribution in [0.3, 0.4) is 0 Å². The third-order valence-corrected chi connectivity index (χ3v) is 3.36. The number of halogens is 3. The molecule has 2 N–H and O–H groups in total. The second-order valence-corrected chi connectivity index (χ2v) is 5.13. The van der Waals surface area contributed by atoms with Crippen molar-refractivity contribution in [3.63, 3.8) is 0 Å². The van der Waals surface area contributed by atoms with Crippen LogP contribution in [-0.4, -0.2) is 22.0 Å². The minimum atomic E-state index is -4.36. The predicted molar refractivity (Wildman–Crippen MR) is 89.5 cm³/mol. The molecule has 128 valence electrons. The molecule has 0 radical (unpaired) electrons. The maximum Gasteiger partial charge on any atom is 0.416 e. The van der Waals surface area contributed by atoms with E-state index in [0.717, 1.165) is 12.1 Å². The molecule has 0 saturated carbocycles. The summed E-state index contributed by atoms with van der Waals surface area (Å²) >= 11 is 0. The van der Waals surface area contributed by atoms with Gasteiger partial charge in [-0.05, 0) is 36.4 Å². The summed E-state index contributed by atoms with van der Waals surface area (Å²) < 4.78 is 37.9. The van der Waals surface area contributed by atoms with E-state index in [1.807, 2.05) is 12.1 Å². The fourth-order valence-corrected chi connectivity index (χ4v) is 2.16. The molecule has 3 aromatic rings. The number of anilines is 3. The molecular weight excluding hydrogens is 331 g/mol. The monoisotopic (exact) mass is 345 g/mol. The summed E-state index contributed by atoms with van der Waals surface area (Å²) in [4.78, 5) is 12.8. The Labute approximate surface area is 142 Å². The zero-order chi connectivity index (χ0) is 17.9. The minimum Gasteiger partial charge on any atom is -0.357 e. The van der Waals surface area contributed by atoms with E-state index >= 15 is 0 Å². The fourth-order valence-electron chi connectivity index (χ4n) is 2.16. The van der Waals surface area contributed by atoms with Gasteiger partial charge in [-0.15, -0.1) is 0 Å². The largest absolute Gasteiger partial charge is 0.416 e. The highest BCUT2D eigenvalue weighted by Crippen LogP contribution is 2.30. The lowest BCUT2D eigenvalue weighted by molar-refractivity contribution is -0.137. The number of alkyl halides is 3. The predicted octanol–water partition coefficient (Wildman–Crippen LogP) is 4.34. The molecule has 2 heterocycles. The second kappa shape index (κ2) is 6.76. The van der Waals surface area contributed by atoms with Crippen LogP contribution >= 0.6 is 0 Å². The summed E-state index contributed by atoms with van der Waals surface area (Å²) in [5.41, 5.74) is 1.04. The molecule has 0 spiro atoms. The Morgan fingerprint density at radius 1 is 0.920 bits per heavy atom. The molecule has 0 amide bonds. The highest BCUT2D eigenvalue weighted by Gasteiger charge is 2.29. The van der Waals surface area contributed by atoms with Crippen LogP contribution in [0.5, 0.6) is 0 Å². The topological polar surface area (TPSA) is 62.7 Å². The van der Waals surface area contributed by atoms with E-state index in [2.05, 4.69) is 25.6 Å². The normalized spacial score (nSPS) is 11.2. The molecule has 3 rings (SSSR count). The van der Waals surface area contributed by atoms with Crippen molar-refractivity contribution in [1.82, 2.24) is 15.0 Å². The zero-order valence-corrected chi connectivity index (χ0v) is 13.2. The molecule has 0 atom stereocenters. The standard InChI is InChI=1S/C17H14F3N5/c1-21-16-24-14(13-4-2-3-9-22-13)10-15(25-16)23-12-7-5-11(6-8-12)17(18,19)20/h2-10H,1H3,(H2,21,23,24,25). The molecule has 0 aliphatic carbocycles. The molecule has 0 aliphatic heterocycles. The summed E-state index contributed by atoms with van der Waals surface area (Å²) in [6.07, 6.45) is -2.71. The Morgan fingerprint density at radius 3 is 2.28 bits per heavy atom. The van der Waals surface area contributed by atoms with Crippen molar-refractivity contribution in [3.05, 3.63) is 60.3 Å².